The van der Waals surface area contributed by atoms with Gasteiger partial charge in [-0.3, -0.25) is 0 Å². The minimum Gasteiger partial charge on any atom is -0.167 e. The summed E-state index contributed by atoms with van der Waals surface area (Å²) in [7, 11) is 0. The van der Waals surface area contributed by atoms with Crippen LogP contribution < -0.4 is 0 Å². The molecule has 2 nitrogen and oxygen atoms in total. The Bertz CT molecular complexity index is 286. The van der Waals surface area contributed by atoms with Crippen LogP contribution in [0.1, 0.15) is 9.75 Å². The Morgan fingerprint density at radius 2 is 2.09 bits per heavy atom. The van der Waals surface area contributed by atoms with E-state index in [4.69, 9.17) is 0 Å². The fourth-order valence-electron chi connectivity index (χ4n) is 0.645. The Morgan fingerprint density at radius 3 is 2.64 bits per heavy atom. The first-order valence-electron chi connectivity index (χ1n) is 3.08. The summed E-state index contributed by atoms with van der Waals surface area (Å²) in [5, 5.41) is 7.02. The number of hydrogen-bond donors (Lipinski definition) is 0. The van der Waals surface area contributed by atoms with Gasteiger partial charge < -0.3 is 0 Å². The van der Waals surface area contributed by atoms with Gasteiger partial charge >= 0.3 is 0 Å². The van der Waals surface area contributed by atoms with Gasteiger partial charge in [0.1, 0.15) is 0 Å². The molecule has 1 heterocycles. The Labute approximate surface area is 69.6 Å². The van der Waals surface area contributed by atoms with Crippen LogP contribution in [-0.4, -0.2) is 12.9 Å². The van der Waals surface area contributed by atoms with Gasteiger partial charge in [0.15, 0.2) is 0 Å². The molecule has 0 spiro atoms. The summed E-state index contributed by atoms with van der Waals surface area (Å²) in [6.45, 7) is 6.89. The molecule has 0 unspecified atom stereocenters. The Hall–Kier alpha value is -1.22. The second-order valence-electron chi connectivity index (χ2n) is 1.83. The zero-order valence-electron chi connectivity index (χ0n) is 6.03. The van der Waals surface area contributed by atoms with Crippen molar-refractivity contribution in [3.8, 4) is 0 Å². The van der Waals surface area contributed by atoms with Crippen molar-refractivity contribution in [2.75, 3.05) is 0 Å². The van der Waals surface area contributed by atoms with Gasteiger partial charge in [0, 0.05) is 16.5 Å². The minimum absolute atomic E-state index is 1.06. The van der Waals surface area contributed by atoms with Crippen molar-refractivity contribution in [3.63, 3.8) is 0 Å². The molecule has 0 fully saturated rings. The average molecular weight is 164 g/mol. The maximum absolute atomic E-state index is 3.65. The molecule has 0 atom stereocenters. The number of nitrogens with zero attached hydrogens (tertiary/aromatic N) is 2. The van der Waals surface area contributed by atoms with Crippen molar-refractivity contribution >= 4 is 30.3 Å². The third kappa shape index (κ3) is 2.13. The normalized spacial score (nSPS) is 10.2. The molecule has 0 aliphatic heterocycles. The summed E-state index contributed by atoms with van der Waals surface area (Å²) in [6.07, 6.45) is 3.48. The molecule has 0 N–H and O–H groups in total. The lowest BCUT2D eigenvalue weighted by atomic mass is 10.4. The molecule has 0 bridgehead atoms. The molecular weight excluding hydrogens is 156 g/mol. The van der Waals surface area contributed by atoms with E-state index in [2.05, 4.69) is 23.5 Å². The van der Waals surface area contributed by atoms with Crippen LogP contribution >= 0.6 is 11.3 Å². The maximum atomic E-state index is 3.65. The summed E-state index contributed by atoms with van der Waals surface area (Å²) in [5.41, 5.74) is 0. The summed E-state index contributed by atoms with van der Waals surface area (Å²) in [4.78, 5) is 2.20. The summed E-state index contributed by atoms with van der Waals surface area (Å²) < 4.78 is 0. The third-order valence-electron chi connectivity index (χ3n) is 1.12. The van der Waals surface area contributed by atoms with E-state index < -0.39 is 0 Å². The Kier molecular flexibility index (Phi) is 2.74. The zero-order chi connectivity index (χ0) is 8.10. The second kappa shape index (κ2) is 3.83. The van der Waals surface area contributed by atoms with Crippen LogP contribution in [0.4, 0.5) is 0 Å². The first-order chi connectivity index (χ1) is 5.36. The summed E-state index contributed by atoms with van der Waals surface area (Å²) >= 11 is 1.62. The van der Waals surface area contributed by atoms with Gasteiger partial charge in [0.2, 0.25) is 0 Å². The predicted octanol–water partition coefficient (Wildman–Crippen LogP) is 2.43. The average Bonchev–Trinajstić information content (AvgIpc) is 2.48. The lowest BCUT2D eigenvalue weighted by Crippen LogP contribution is -1.67. The van der Waals surface area contributed by atoms with E-state index in [9.17, 15) is 0 Å². The molecule has 3 heteroatoms. The van der Waals surface area contributed by atoms with Crippen LogP contribution in [0.3, 0.4) is 0 Å². The largest absolute Gasteiger partial charge is 0.167 e. The number of thiophene rings is 1. The molecule has 0 aliphatic rings. The highest BCUT2D eigenvalue weighted by Crippen LogP contribution is 2.15. The van der Waals surface area contributed by atoms with Crippen LogP contribution in [0.15, 0.2) is 28.9 Å². The molecule has 0 amide bonds. The Morgan fingerprint density at radius 1 is 1.36 bits per heavy atom. The van der Waals surface area contributed by atoms with Crippen LogP contribution in [0.2, 0.25) is 0 Å². The summed E-state index contributed by atoms with van der Waals surface area (Å²) in [5.74, 6) is 0. The van der Waals surface area contributed by atoms with Crippen molar-refractivity contribution in [2.24, 2.45) is 10.2 Å². The third-order valence-corrected chi connectivity index (χ3v) is 2.13. The molecule has 0 radical (unpaired) electrons. The van der Waals surface area contributed by atoms with Gasteiger partial charge in [0.25, 0.3) is 0 Å². The van der Waals surface area contributed by atoms with Crippen molar-refractivity contribution in [1.29, 1.82) is 0 Å². The first kappa shape index (κ1) is 7.88. The topological polar surface area (TPSA) is 24.7 Å². The molecule has 0 aromatic carbocycles. The standard InChI is InChI=1S/C8H8N2S/c1-3-7-4-5-8(11-7)6-10-9-2/h3-6H,1-2H2. The van der Waals surface area contributed by atoms with Gasteiger partial charge in [-0.1, -0.05) is 12.7 Å². The molecule has 1 rings (SSSR count). The second-order valence-corrected chi connectivity index (χ2v) is 2.98. The molecule has 0 saturated carbocycles. The highest BCUT2D eigenvalue weighted by molar-refractivity contribution is 7.14. The van der Waals surface area contributed by atoms with E-state index in [0.29, 0.717) is 0 Å². The van der Waals surface area contributed by atoms with Gasteiger partial charge in [-0.2, -0.15) is 10.2 Å². The quantitative estimate of drug-likeness (QED) is 0.484. The van der Waals surface area contributed by atoms with Crippen molar-refractivity contribution in [1.82, 2.24) is 0 Å². The van der Waals surface area contributed by atoms with Crippen molar-refractivity contribution < 1.29 is 0 Å². The molecule has 11 heavy (non-hydrogen) atoms. The summed E-state index contributed by atoms with van der Waals surface area (Å²) in [6, 6.07) is 3.96. The van der Waals surface area contributed by atoms with Crippen molar-refractivity contribution in [2.45, 2.75) is 0 Å². The van der Waals surface area contributed by atoms with Gasteiger partial charge in [-0.05, 0) is 12.1 Å². The zero-order valence-corrected chi connectivity index (χ0v) is 6.84. The Balaban J connectivity index is 2.80. The van der Waals surface area contributed by atoms with E-state index >= 15 is 0 Å². The fraction of sp³-hybridized carbons (Fsp3) is 0. The lowest BCUT2D eigenvalue weighted by Gasteiger charge is -1.78. The lowest BCUT2D eigenvalue weighted by molar-refractivity contribution is 1.28. The number of hydrogen-bond acceptors (Lipinski definition) is 3. The molecule has 56 valence electrons. The van der Waals surface area contributed by atoms with Crippen LogP contribution in [-0.2, 0) is 0 Å². The van der Waals surface area contributed by atoms with Crippen LogP contribution in [0.25, 0.3) is 6.08 Å². The number of rotatable bonds is 3. The van der Waals surface area contributed by atoms with Crippen LogP contribution in [0.5, 0.6) is 0 Å². The molecule has 1 aromatic heterocycles. The van der Waals surface area contributed by atoms with Gasteiger partial charge in [0.05, 0.1) is 6.21 Å². The van der Waals surface area contributed by atoms with E-state index in [0.717, 1.165) is 9.75 Å². The van der Waals surface area contributed by atoms with Crippen LogP contribution in [0, 0.1) is 0 Å². The highest BCUT2D eigenvalue weighted by Gasteiger charge is 1.91. The maximum Gasteiger partial charge on any atom is 0.0667 e. The first-order valence-corrected chi connectivity index (χ1v) is 3.90. The van der Waals surface area contributed by atoms with Gasteiger partial charge in [-0.15, -0.1) is 11.3 Å². The molecule has 0 aliphatic carbocycles. The van der Waals surface area contributed by atoms with Gasteiger partial charge in [-0.25, -0.2) is 0 Å². The monoisotopic (exact) mass is 164 g/mol. The van der Waals surface area contributed by atoms with E-state index in [-0.39, 0.29) is 0 Å². The predicted molar refractivity (Wildman–Crippen MR) is 51.6 cm³/mol. The van der Waals surface area contributed by atoms with E-state index in [1.807, 2.05) is 18.2 Å². The smallest absolute Gasteiger partial charge is 0.0667 e. The van der Waals surface area contributed by atoms with E-state index in [1.165, 1.54) is 0 Å². The van der Waals surface area contributed by atoms with Crippen molar-refractivity contribution in [3.05, 3.63) is 28.5 Å². The molecule has 0 saturated heterocycles. The van der Waals surface area contributed by atoms with E-state index in [1.54, 1.807) is 17.6 Å². The fourth-order valence-corrected chi connectivity index (χ4v) is 1.37. The molecule has 1 aromatic rings. The molecular formula is C8H8N2S. The highest BCUT2D eigenvalue weighted by atomic mass is 32.1. The minimum atomic E-state index is 1.06. The SMILES string of the molecule is C=Cc1ccc(C=NN=C)s1.